The molecule has 0 unspecified atom stereocenters. The number of pyridine rings is 1. The molecule has 1 spiro atoms. The van der Waals surface area contributed by atoms with Crippen molar-refractivity contribution < 1.29 is 37.8 Å². The average molecular weight is 1080 g/mol. The van der Waals surface area contributed by atoms with Crippen LogP contribution >= 0.6 is 25.3 Å². The fraction of sp³-hybridized carbons (Fsp3) is 0.544. The molecule has 5 atom stereocenters. The summed E-state index contributed by atoms with van der Waals surface area (Å²) in [7, 11) is 5.27. The second-order valence-corrected chi connectivity index (χ2v) is 23.9. The highest BCUT2D eigenvalue weighted by molar-refractivity contribution is 7.81. The van der Waals surface area contributed by atoms with Gasteiger partial charge < -0.3 is 34.1 Å². The molecule has 0 aliphatic carbocycles. The number of piperidine rings is 1. The molecule has 3 saturated heterocycles. The van der Waals surface area contributed by atoms with E-state index in [2.05, 4.69) is 60.7 Å². The van der Waals surface area contributed by atoms with Gasteiger partial charge in [0.25, 0.3) is 0 Å². The number of rotatable bonds is 10. The second-order valence-electron chi connectivity index (χ2n) is 22.4. The van der Waals surface area contributed by atoms with Gasteiger partial charge in [0, 0.05) is 93.6 Å². The van der Waals surface area contributed by atoms with Gasteiger partial charge in [-0.2, -0.15) is 12.6 Å². The Bertz CT molecular complexity index is 2870. The van der Waals surface area contributed by atoms with Crippen molar-refractivity contribution >= 4 is 65.9 Å². The molecule has 5 amide bonds. The predicted octanol–water partition coefficient (Wildman–Crippen LogP) is 7.30. The van der Waals surface area contributed by atoms with Crippen molar-refractivity contribution in [1.82, 2.24) is 44.9 Å². The minimum absolute atomic E-state index is 0.0317. The molecule has 6 bridgehead atoms. The summed E-state index contributed by atoms with van der Waals surface area (Å²) >= 11 is 9.84. The molecule has 4 aromatic rings. The van der Waals surface area contributed by atoms with E-state index in [1.54, 1.807) is 25.3 Å². The number of hydrazine groups is 1. The lowest BCUT2D eigenvalue weighted by molar-refractivity contribution is -0.155. The van der Waals surface area contributed by atoms with Crippen LogP contribution in [0.15, 0.2) is 67.4 Å². The van der Waals surface area contributed by atoms with Crippen LogP contribution < -0.4 is 10.7 Å². The fourth-order valence-corrected chi connectivity index (χ4v) is 12.4. The van der Waals surface area contributed by atoms with E-state index in [9.17, 15) is 24.0 Å². The van der Waals surface area contributed by atoms with Crippen molar-refractivity contribution in [1.29, 1.82) is 0 Å². The largest absolute Gasteiger partial charge is 0.464 e. The molecule has 0 radical (unpaired) electrons. The number of benzene rings is 2. The summed E-state index contributed by atoms with van der Waals surface area (Å²) in [6.45, 7) is 19.1. The van der Waals surface area contributed by atoms with Gasteiger partial charge in [-0.25, -0.2) is 14.6 Å². The number of piperazine rings is 1. The number of methoxy groups -OCH3 is 1. The van der Waals surface area contributed by atoms with Gasteiger partial charge in [-0.05, 0) is 130 Å². The Balaban J connectivity index is 1.12. The van der Waals surface area contributed by atoms with Crippen LogP contribution in [0.3, 0.4) is 0 Å². The number of hydrogen-bond donors (Lipinski definition) is 4. The van der Waals surface area contributed by atoms with Crippen LogP contribution in [-0.4, -0.2) is 154 Å². The number of nitrogens with one attached hydrogen (secondary N) is 2. The number of fused-ring (bicyclic) bond motifs is 6. The lowest BCUT2D eigenvalue weighted by atomic mass is 9.83. The van der Waals surface area contributed by atoms with E-state index in [0.29, 0.717) is 88.2 Å². The molecule has 2 aromatic heterocycles. The van der Waals surface area contributed by atoms with Crippen LogP contribution in [0.4, 0.5) is 9.18 Å². The summed E-state index contributed by atoms with van der Waals surface area (Å²) in [6.07, 6.45) is 5.73. The SMILES string of the molecule is C=CC(=O)N1CCN(C)C2(CCN(C(=O)N(C)[C@H](C(=O)N[C@H](S)[C@H]3Cc4cc(F)cc(c4)-c4ccc5c(c4)c(c(-c4cccnc4[C@@](C)(S)OC)n5CC)CC(C)(C)COC(=O)[C@@H]4CCCN(N4)C3=O)C(C)C)CC2)C1. The monoisotopic (exact) mass is 1080 g/mol. The predicted molar refractivity (Wildman–Crippen MR) is 299 cm³/mol. The number of amides is 5. The number of nitrogens with zero attached hydrogens (tertiary/aromatic N) is 7. The van der Waals surface area contributed by atoms with Gasteiger partial charge in [0.05, 0.1) is 29.3 Å². The zero-order chi connectivity index (χ0) is 55.0. The number of ether oxygens (including phenoxy) is 2. The molecule has 4 aliphatic rings. The van der Waals surface area contributed by atoms with Gasteiger partial charge in [-0.3, -0.25) is 34.1 Å². The molecule has 2 N–H and O–H groups in total. The number of aromatic nitrogens is 2. The Hall–Kier alpha value is -5.47. The van der Waals surface area contributed by atoms with E-state index < -0.39 is 57.3 Å². The average Bonchev–Trinajstić information content (AvgIpc) is 3.74. The minimum atomic E-state index is -1.12. The van der Waals surface area contributed by atoms with Crippen LogP contribution in [0.5, 0.6) is 0 Å². The Morgan fingerprint density at radius 1 is 1.07 bits per heavy atom. The first-order valence-corrected chi connectivity index (χ1v) is 27.5. The zero-order valence-corrected chi connectivity index (χ0v) is 47.3. The second kappa shape index (κ2) is 22.9. The van der Waals surface area contributed by atoms with Crippen molar-refractivity contribution in [3.8, 4) is 22.4 Å². The molecule has 0 saturated carbocycles. The van der Waals surface area contributed by atoms with Gasteiger partial charge in [-0.1, -0.05) is 46.4 Å². The van der Waals surface area contributed by atoms with Gasteiger partial charge in [-0.15, -0.1) is 12.6 Å². The van der Waals surface area contributed by atoms with Crippen LogP contribution in [0.25, 0.3) is 33.3 Å². The van der Waals surface area contributed by atoms with Crippen molar-refractivity contribution in [3.05, 3.63) is 90.0 Å². The first-order chi connectivity index (χ1) is 36.0. The summed E-state index contributed by atoms with van der Waals surface area (Å²) in [6, 6.07) is 12.6. The highest BCUT2D eigenvalue weighted by atomic mass is 32.1. The van der Waals surface area contributed by atoms with Crippen molar-refractivity contribution in [3.63, 3.8) is 0 Å². The first kappa shape index (κ1) is 56.7. The quantitative estimate of drug-likeness (QED) is 0.0549. The molecule has 76 heavy (non-hydrogen) atoms. The highest BCUT2D eigenvalue weighted by Crippen LogP contribution is 2.44. The fourth-order valence-electron chi connectivity index (χ4n) is 11.9. The van der Waals surface area contributed by atoms with Gasteiger partial charge in [0.2, 0.25) is 17.7 Å². The van der Waals surface area contributed by atoms with E-state index in [1.807, 2.05) is 56.0 Å². The van der Waals surface area contributed by atoms with Crippen LogP contribution in [0, 0.1) is 23.1 Å². The zero-order valence-electron chi connectivity index (χ0n) is 45.5. The third-order valence-electron chi connectivity index (χ3n) is 16.2. The van der Waals surface area contributed by atoms with E-state index in [1.165, 1.54) is 28.1 Å². The molecule has 2 aromatic carbocycles. The van der Waals surface area contributed by atoms with E-state index >= 15 is 4.39 Å². The summed E-state index contributed by atoms with van der Waals surface area (Å²) in [5.41, 5.74) is 8.44. The molecule has 3 fully saturated rings. The molecular weight excluding hydrogens is 1010 g/mol. The molecule has 6 heterocycles. The third kappa shape index (κ3) is 11.5. The Morgan fingerprint density at radius 2 is 1.80 bits per heavy atom. The topological polar surface area (TPSA) is 162 Å². The number of esters is 1. The number of carbonyl (C=O) groups is 5. The van der Waals surface area contributed by atoms with E-state index in [-0.39, 0.29) is 43.0 Å². The Labute approximate surface area is 457 Å². The molecular formula is C57H76FN9O7S2. The molecule has 410 valence electrons. The molecule has 4 aliphatic heterocycles. The number of thiol groups is 2. The molecule has 8 rings (SSSR count). The Morgan fingerprint density at radius 3 is 2.49 bits per heavy atom. The number of hydrogen-bond acceptors (Lipinski definition) is 12. The van der Waals surface area contributed by atoms with Crippen molar-refractivity contribution in [2.75, 3.05) is 67.1 Å². The number of aryl methyl sites for hydroxylation is 1. The lowest BCUT2D eigenvalue weighted by Gasteiger charge is -2.53. The summed E-state index contributed by atoms with van der Waals surface area (Å²) in [4.78, 5) is 81.6. The van der Waals surface area contributed by atoms with E-state index in [0.717, 1.165) is 33.3 Å². The summed E-state index contributed by atoms with van der Waals surface area (Å²) in [5.74, 6) is -3.47. The number of halogens is 1. The van der Waals surface area contributed by atoms with Gasteiger partial charge in [0.1, 0.15) is 17.9 Å². The number of carbonyl (C=O) groups excluding carboxylic acids is 5. The van der Waals surface area contributed by atoms with Gasteiger partial charge in [0.15, 0.2) is 4.93 Å². The molecule has 19 heteroatoms. The number of cyclic esters (lactones) is 1. The maximum absolute atomic E-state index is 16.2. The van der Waals surface area contributed by atoms with Crippen LogP contribution in [0.2, 0.25) is 0 Å². The lowest BCUT2D eigenvalue weighted by Crippen LogP contribution is -2.66. The van der Waals surface area contributed by atoms with Crippen LogP contribution in [0.1, 0.15) is 84.0 Å². The first-order valence-electron chi connectivity index (χ1n) is 26.6. The number of likely N-dealkylation sites (N-methyl/N-ethyl adjacent to an activating group) is 2. The van der Waals surface area contributed by atoms with Crippen LogP contribution in [-0.2, 0) is 53.0 Å². The standard InChI is InChI=1S/C57H76FN9O7S2/c1-11-46(68)65-26-25-62(8)57(33-65)19-23-64(24-20-57)54(72)63(9)47(35(3)4)50(69)60-51(75)42-29-36-27-38(30-39(58)28-36)37-17-18-45-41(31-37)43(48(66(45)12-2)40-15-13-21-59-49(40)56(7,76)73-10)32-55(5,6)34-74-53(71)44-16-14-22-67(61-44)52(42)70/h11,13,15,17-18,21,27-28,30-31,35,42,44,47,51,61,75-76H,1,12,14,16,19-20,22-26,29,32-34H2,2-10H3,(H,60,69)/t42-,44+,47+,51-,56-/m1/s1. The molecule has 16 nitrogen and oxygen atoms in total. The number of likely N-dealkylation sites (tertiary alicyclic amines) is 1. The van der Waals surface area contributed by atoms with Gasteiger partial charge >= 0.3 is 12.0 Å². The highest BCUT2D eigenvalue weighted by Gasteiger charge is 2.46. The number of urea groups is 1. The smallest absolute Gasteiger partial charge is 0.324 e. The van der Waals surface area contributed by atoms with E-state index in [4.69, 9.17) is 39.7 Å². The minimum Gasteiger partial charge on any atom is -0.464 e. The van der Waals surface area contributed by atoms with Crippen molar-refractivity contribution in [2.24, 2.45) is 17.3 Å². The Kier molecular flexibility index (Phi) is 17.1. The maximum atomic E-state index is 16.2. The third-order valence-corrected chi connectivity index (χ3v) is 17.1. The summed E-state index contributed by atoms with van der Waals surface area (Å²) < 4.78 is 30.4. The van der Waals surface area contributed by atoms with Crippen molar-refractivity contribution in [2.45, 2.75) is 115 Å². The normalized spacial score (nSPS) is 21.9. The maximum Gasteiger partial charge on any atom is 0.324 e. The summed E-state index contributed by atoms with van der Waals surface area (Å²) in [5, 5.41) is 4.22.